The van der Waals surface area contributed by atoms with Crippen LogP contribution in [0.4, 0.5) is 0 Å². The quantitative estimate of drug-likeness (QED) is 0.574. The Balaban J connectivity index is 1.67. The van der Waals surface area contributed by atoms with Crippen LogP contribution in [0, 0.1) is 39.9 Å². The molecule has 0 amide bonds. The van der Waals surface area contributed by atoms with Crippen molar-refractivity contribution in [1.82, 2.24) is 0 Å². The van der Waals surface area contributed by atoms with Gasteiger partial charge >= 0.3 is 5.97 Å². The minimum atomic E-state index is -0.221. The van der Waals surface area contributed by atoms with Gasteiger partial charge in [-0.3, -0.25) is 4.79 Å². The van der Waals surface area contributed by atoms with Crippen LogP contribution in [0.5, 0.6) is 0 Å². The van der Waals surface area contributed by atoms with Crippen LogP contribution in [0.2, 0.25) is 0 Å². The first-order valence-electron chi connectivity index (χ1n) is 11.0. The third kappa shape index (κ3) is 2.18. The average Bonchev–Trinajstić information content (AvgIpc) is 2.93. The van der Waals surface area contributed by atoms with Crippen LogP contribution >= 0.6 is 0 Å². The maximum absolute atomic E-state index is 12.9. The molecule has 2 heteroatoms. The summed E-state index contributed by atoms with van der Waals surface area (Å²) >= 11 is 0. The molecule has 4 fully saturated rings. The van der Waals surface area contributed by atoms with Gasteiger partial charge in [0, 0.05) is 0 Å². The SMILES string of the molecule is CCC1(C(=O)OC)CCC2C3CCC4CCCCC4(C)C3CCC21C. The second-order valence-electron chi connectivity index (χ2n) is 10.3. The lowest BCUT2D eigenvalue weighted by molar-refractivity contribution is -0.171. The van der Waals surface area contributed by atoms with Crippen molar-refractivity contribution in [2.75, 3.05) is 7.11 Å². The number of hydrogen-bond acceptors (Lipinski definition) is 2. The van der Waals surface area contributed by atoms with Crippen LogP contribution in [-0.2, 0) is 9.53 Å². The molecule has 0 aromatic carbocycles. The first kappa shape index (κ1) is 17.9. The molecule has 0 spiro atoms. The van der Waals surface area contributed by atoms with Crippen LogP contribution < -0.4 is 0 Å². The Morgan fingerprint density at radius 3 is 2.44 bits per heavy atom. The highest BCUT2D eigenvalue weighted by Crippen LogP contribution is 2.71. The van der Waals surface area contributed by atoms with Crippen molar-refractivity contribution in [2.45, 2.75) is 91.4 Å². The zero-order chi connectivity index (χ0) is 17.9. The Morgan fingerprint density at radius 1 is 0.960 bits per heavy atom. The number of rotatable bonds is 2. The van der Waals surface area contributed by atoms with E-state index in [4.69, 9.17) is 4.74 Å². The summed E-state index contributed by atoms with van der Waals surface area (Å²) in [6.07, 6.45) is 14.5. The number of fused-ring (bicyclic) bond motifs is 5. The zero-order valence-corrected chi connectivity index (χ0v) is 16.9. The maximum atomic E-state index is 12.9. The lowest BCUT2D eigenvalue weighted by Crippen LogP contribution is -2.55. The molecule has 142 valence electrons. The van der Waals surface area contributed by atoms with Gasteiger partial charge in [0.1, 0.15) is 0 Å². The van der Waals surface area contributed by atoms with Crippen molar-refractivity contribution >= 4 is 5.97 Å². The van der Waals surface area contributed by atoms with Gasteiger partial charge in [-0.05, 0) is 92.3 Å². The third-order valence-corrected chi connectivity index (χ3v) is 10.1. The highest BCUT2D eigenvalue weighted by Gasteiger charge is 2.66. The van der Waals surface area contributed by atoms with Gasteiger partial charge < -0.3 is 4.74 Å². The van der Waals surface area contributed by atoms with Gasteiger partial charge in [-0.15, -0.1) is 0 Å². The first-order chi connectivity index (χ1) is 11.9. The molecule has 4 aliphatic carbocycles. The molecule has 4 saturated carbocycles. The number of carbonyl (C=O) groups excluding carboxylic acids is 1. The Morgan fingerprint density at radius 2 is 1.72 bits per heavy atom. The van der Waals surface area contributed by atoms with Crippen molar-refractivity contribution < 1.29 is 9.53 Å². The molecular weight excluding hydrogens is 308 g/mol. The first-order valence-corrected chi connectivity index (χ1v) is 11.0. The van der Waals surface area contributed by atoms with E-state index < -0.39 is 0 Å². The molecule has 4 rings (SSSR count). The summed E-state index contributed by atoms with van der Waals surface area (Å²) in [7, 11) is 1.59. The van der Waals surface area contributed by atoms with Gasteiger partial charge in [0.25, 0.3) is 0 Å². The molecule has 0 aromatic rings. The second-order valence-corrected chi connectivity index (χ2v) is 10.3. The van der Waals surface area contributed by atoms with E-state index in [1.54, 1.807) is 7.11 Å². The molecule has 0 bridgehead atoms. The predicted molar refractivity (Wildman–Crippen MR) is 101 cm³/mol. The standard InChI is InChI=1S/C23H38O2/c1-5-23(20(24)25-4)15-12-19-17-10-9-16-8-6-7-13-21(16,2)18(17)11-14-22(19,23)3/h16-19H,5-15H2,1-4H3. The molecule has 7 atom stereocenters. The van der Waals surface area contributed by atoms with E-state index in [2.05, 4.69) is 20.8 Å². The molecule has 2 nitrogen and oxygen atoms in total. The summed E-state index contributed by atoms with van der Waals surface area (Å²) < 4.78 is 5.35. The van der Waals surface area contributed by atoms with Crippen LogP contribution in [-0.4, -0.2) is 13.1 Å². The largest absolute Gasteiger partial charge is 0.469 e. The van der Waals surface area contributed by atoms with Crippen molar-refractivity contribution in [3.8, 4) is 0 Å². The van der Waals surface area contributed by atoms with Crippen molar-refractivity contribution in [3.05, 3.63) is 0 Å². The average molecular weight is 347 g/mol. The highest BCUT2D eigenvalue weighted by atomic mass is 16.5. The van der Waals surface area contributed by atoms with Crippen molar-refractivity contribution in [2.24, 2.45) is 39.9 Å². The molecule has 0 aromatic heterocycles. The van der Waals surface area contributed by atoms with E-state index >= 15 is 0 Å². The van der Waals surface area contributed by atoms with Crippen LogP contribution in [0.1, 0.15) is 91.4 Å². The summed E-state index contributed by atoms with van der Waals surface area (Å²) in [6.45, 7) is 7.31. The normalized spacial score (nSPS) is 52.0. The van der Waals surface area contributed by atoms with Gasteiger partial charge in [0.05, 0.1) is 12.5 Å². The fourth-order valence-electron chi connectivity index (χ4n) is 8.69. The molecule has 0 heterocycles. The van der Waals surface area contributed by atoms with Crippen LogP contribution in [0.25, 0.3) is 0 Å². The fraction of sp³-hybridized carbons (Fsp3) is 0.957. The second kappa shape index (κ2) is 5.99. The van der Waals surface area contributed by atoms with E-state index in [1.807, 2.05) is 0 Å². The molecule has 0 aliphatic heterocycles. The van der Waals surface area contributed by atoms with Crippen molar-refractivity contribution in [1.29, 1.82) is 0 Å². The molecule has 25 heavy (non-hydrogen) atoms. The van der Waals surface area contributed by atoms with Gasteiger partial charge in [0.2, 0.25) is 0 Å². The number of carbonyl (C=O) groups is 1. The Hall–Kier alpha value is -0.530. The monoisotopic (exact) mass is 346 g/mol. The molecule has 0 saturated heterocycles. The van der Waals surface area contributed by atoms with Gasteiger partial charge in [0.15, 0.2) is 0 Å². The van der Waals surface area contributed by atoms with E-state index in [1.165, 1.54) is 57.8 Å². The summed E-state index contributed by atoms with van der Waals surface area (Å²) in [5, 5.41) is 0. The van der Waals surface area contributed by atoms with E-state index in [0.717, 1.165) is 36.5 Å². The lowest BCUT2D eigenvalue weighted by Gasteiger charge is -2.61. The van der Waals surface area contributed by atoms with Crippen molar-refractivity contribution in [3.63, 3.8) is 0 Å². The minimum Gasteiger partial charge on any atom is -0.469 e. The fourth-order valence-corrected chi connectivity index (χ4v) is 8.69. The molecular formula is C23H38O2. The predicted octanol–water partition coefficient (Wildman–Crippen LogP) is 5.99. The van der Waals surface area contributed by atoms with Gasteiger partial charge in [-0.1, -0.05) is 33.6 Å². The molecule has 0 radical (unpaired) electrons. The van der Waals surface area contributed by atoms with Crippen LogP contribution in [0.15, 0.2) is 0 Å². The van der Waals surface area contributed by atoms with E-state index in [-0.39, 0.29) is 16.8 Å². The summed E-state index contributed by atoms with van der Waals surface area (Å²) in [5.74, 6) is 3.57. The Labute approximate surface area is 154 Å². The smallest absolute Gasteiger partial charge is 0.312 e. The van der Waals surface area contributed by atoms with E-state index in [0.29, 0.717) is 5.41 Å². The Kier molecular flexibility index (Phi) is 4.28. The molecule has 4 aliphatic rings. The lowest BCUT2D eigenvalue weighted by atomic mass is 9.43. The number of methoxy groups -OCH3 is 1. The van der Waals surface area contributed by atoms with Crippen LogP contribution in [0.3, 0.4) is 0 Å². The topological polar surface area (TPSA) is 26.3 Å². The molecule has 0 N–H and O–H groups in total. The van der Waals surface area contributed by atoms with Gasteiger partial charge in [-0.25, -0.2) is 0 Å². The third-order valence-electron chi connectivity index (χ3n) is 10.1. The van der Waals surface area contributed by atoms with E-state index in [9.17, 15) is 4.79 Å². The number of esters is 1. The summed E-state index contributed by atoms with van der Waals surface area (Å²) in [4.78, 5) is 12.9. The summed E-state index contributed by atoms with van der Waals surface area (Å²) in [5.41, 5.74) is 0.529. The van der Waals surface area contributed by atoms with Gasteiger partial charge in [-0.2, -0.15) is 0 Å². The zero-order valence-electron chi connectivity index (χ0n) is 16.9. The minimum absolute atomic E-state index is 0.0796. The number of ether oxygens (including phenoxy) is 1. The number of hydrogen-bond donors (Lipinski definition) is 0. The highest BCUT2D eigenvalue weighted by molar-refractivity contribution is 5.78. The molecule has 7 unspecified atom stereocenters. The maximum Gasteiger partial charge on any atom is 0.312 e. The summed E-state index contributed by atoms with van der Waals surface area (Å²) in [6, 6.07) is 0. The Bertz CT molecular complexity index is 542.